The first kappa shape index (κ1) is 18.3. The molecule has 1 heterocycles. The van der Waals surface area contributed by atoms with E-state index in [0.717, 1.165) is 24.3 Å². The molecule has 0 saturated heterocycles. The van der Waals surface area contributed by atoms with Crippen molar-refractivity contribution in [2.45, 2.75) is 6.18 Å². The molecule has 0 bridgehead atoms. The Bertz CT molecular complexity index is 988. The van der Waals surface area contributed by atoms with Gasteiger partial charge in [-0.15, -0.1) is 0 Å². The summed E-state index contributed by atoms with van der Waals surface area (Å²) in [6.45, 7) is -0.585. The standard InChI is InChI=1S/C18H12F3N3O3/c19-18(20,21)12-2-4-13(5-3-12)24-16(25)10-27-17(26)11-1-6-14-15(9-11)23-8-7-22-14/h1-9H,10H2,(H,24,25). The highest BCUT2D eigenvalue weighted by atomic mass is 19.4. The summed E-state index contributed by atoms with van der Waals surface area (Å²) < 4.78 is 42.4. The monoisotopic (exact) mass is 375 g/mol. The van der Waals surface area contributed by atoms with E-state index in [1.54, 1.807) is 6.07 Å². The largest absolute Gasteiger partial charge is 0.452 e. The third-order valence-corrected chi connectivity index (χ3v) is 3.54. The normalized spacial score (nSPS) is 11.2. The third-order valence-electron chi connectivity index (χ3n) is 3.54. The number of amides is 1. The summed E-state index contributed by atoms with van der Waals surface area (Å²) in [5.41, 5.74) is 0.636. The lowest BCUT2D eigenvalue weighted by Gasteiger charge is -2.09. The van der Waals surface area contributed by atoms with Crippen LogP contribution in [0.15, 0.2) is 54.9 Å². The van der Waals surface area contributed by atoms with Crippen LogP contribution in [0.25, 0.3) is 11.0 Å². The highest BCUT2D eigenvalue weighted by Gasteiger charge is 2.30. The molecule has 0 fully saturated rings. The predicted molar refractivity (Wildman–Crippen MR) is 89.9 cm³/mol. The molecule has 3 rings (SSSR count). The summed E-state index contributed by atoms with van der Waals surface area (Å²) in [7, 11) is 0. The number of ether oxygens (including phenoxy) is 1. The van der Waals surface area contributed by atoms with Crippen LogP contribution in [0.2, 0.25) is 0 Å². The van der Waals surface area contributed by atoms with Crippen molar-refractivity contribution in [3.05, 3.63) is 66.0 Å². The number of aromatic nitrogens is 2. The van der Waals surface area contributed by atoms with Gasteiger partial charge in [-0.1, -0.05) is 0 Å². The Morgan fingerprint density at radius 1 is 0.963 bits per heavy atom. The molecule has 1 amide bonds. The van der Waals surface area contributed by atoms with Gasteiger partial charge in [0.2, 0.25) is 0 Å². The Labute approximate surface area is 151 Å². The fourth-order valence-corrected chi connectivity index (χ4v) is 2.24. The lowest BCUT2D eigenvalue weighted by molar-refractivity contribution is -0.137. The topological polar surface area (TPSA) is 81.2 Å². The lowest BCUT2D eigenvalue weighted by Crippen LogP contribution is -2.21. The van der Waals surface area contributed by atoms with Crippen molar-refractivity contribution in [2.24, 2.45) is 0 Å². The average Bonchev–Trinajstić information content (AvgIpc) is 2.65. The number of anilines is 1. The Morgan fingerprint density at radius 2 is 1.63 bits per heavy atom. The zero-order chi connectivity index (χ0) is 19.4. The van der Waals surface area contributed by atoms with E-state index < -0.39 is 30.2 Å². The Morgan fingerprint density at radius 3 is 2.30 bits per heavy atom. The zero-order valence-corrected chi connectivity index (χ0v) is 13.7. The number of rotatable bonds is 4. The van der Waals surface area contributed by atoms with Crippen molar-refractivity contribution in [3.63, 3.8) is 0 Å². The Kier molecular flexibility index (Phi) is 5.02. The molecule has 0 atom stereocenters. The van der Waals surface area contributed by atoms with Crippen molar-refractivity contribution < 1.29 is 27.5 Å². The molecule has 0 spiro atoms. The van der Waals surface area contributed by atoms with Gasteiger partial charge in [0.05, 0.1) is 22.2 Å². The van der Waals surface area contributed by atoms with Crippen LogP contribution in [0.4, 0.5) is 18.9 Å². The second-order valence-electron chi connectivity index (χ2n) is 5.46. The molecule has 0 radical (unpaired) electrons. The van der Waals surface area contributed by atoms with Crippen molar-refractivity contribution in [3.8, 4) is 0 Å². The number of fused-ring (bicyclic) bond motifs is 1. The maximum absolute atomic E-state index is 12.5. The van der Waals surface area contributed by atoms with E-state index in [2.05, 4.69) is 15.3 Å². The number of carbonyl (C=O) groups is 2. The van der Waals surface area contributed by atoms with E-state index in [9.17, 15) is 22.8 Å². The summed E-state index contributed by atoms with van der Waals surface area (Å²) >= 11 is 0. The average molecular weight is 375 g/mol. The quantitative estimate of drug-likeness (QED) is 0.707. The van der Waals surface area contributed by atoms with Crippen molar-refractivity contribution in [1.82, 2.24) is 9.97 Å². The fourth-order valence-electron chi connectivity index (χ4n) is 2.24. The molecular weight excluding hydrogens is 363 g/mol. The molecule has 1 N–H and O–H groups in total. The number of nitrogens with one attached hydrogen (secondary N) is 1. The minimum absolute atomic E-state index is 0.157. The number of carbonyl (C=O) groups excluding carboxylic acids is 2. The number of nitrogens with zero attached hydrogens (tertiary/aromatic N) is 2. The van der Waals surface area contributed by atoms with Crippen LogP contribution in [-0.2, 0) is 15.7 Å². The molecule has 0 saturated carbocycles. The van der Waals surface area contributed by atoms with Gasteiger partial charge in [0.15, 0.2) is 6.61 Å². The van der Waals surface area contributed by atoms with Gasteiger partial charge < -0.3 is 10.1 Å². The van der Waals surface area contributed by atoms with Crippen molar-refractivity contribution in [2.75, 3.05) is 11.9 Å². The molecular formula is C18H12F3N3O3. The molecule has 0 aliphatic carbocycles. The molecule has 0 aliphatic rings. The fraction of sp³-hybridized carbons (Fsp3) is 0.111. The van der Waals surface area contributed by atoms with E-state index in [4.69, 9.17) is 4.74 Å². The minimum atomic E-state index is -4.46. The molecule has 3 aromatic rings. The Hall–Kier alpha value is -3.49. The molecule has 2 aromatic carbocycles. The summed E-state index contributed by atoms with van der Waals surface area (Å²) in [5.74, 6) is -1.41. The second kappa shape index (κ2) is 7.40. The molecule has 9 heteroatoms. The van der Waals surface area contributed by atoms with Gasteiger partial charge in [-0.05, 0) is 42.5 Å². The summed E-state index contributed by atoms with van der Waals surface area (Å²) in [6, 6.07) is 8.50. The van der Waals surface area contributed by atoms with Gasteiger partial charge in [-0.25, -0.2) is 4.79 Å². The van der Waals surface area contributed by atoms with E-state index in [1.807, 2.05) is 0 Å². The van der Waals surface area contributed by atoms with E-state index in [1.165, 1.54) is 24.5 Å². The molecule has 0 unspecified atom stereocenters. The van der Waals surface area contributed by atoms with E-state index in [0.29, 0.717) is 11.0 Å². The number of benzene rings is 2. The number of hydrogen-bond acceptors (Lipinski definition) is 5. The number of esters is 1. The maximum Gasteiger partial charge on any atom is 0.416 e. The first-order chi connectivity index (χ1) is 12.8. The van der Waals surface area contributed by atoms with E-state index >= 15 is 0 Å². The smallest absolute Gasteiger partial charge is 0.416 e. The first-order valence-corrected chi connectivity index (χ1v) is 7.68. The zero-order valence-electron chi connectivity index (χ0n) is 13.7. The van der Waals surface area contributed by atoms with Crippen LogP contribution in [0, 0.1) is 0 Å². The highest BCUT2D eigenvalue weighted by molar-refractivity contribution is 5.97. The summed E-state index contributed by atoms with van der Waals surface area (Å²) in [4.78, 5) is 32.0. The molecule has 27 heavy (non-hydrogen) atoms. The van der Waals surface area contributed by atoms with Gasteiger partial charge in [-0.3, -0.25) is 14.8 Å². The van der Waals surface area contributed by atoms with Gasteiger partial charge in [0.25, 0.3) is 5.91 Å². The molecule has 0 aliphatic heterocycles. The van der Waals surface area contributed by atoms with Gasteiger partial charge >= 0.3 is 12.1 Å². The summed E-state index contributed by atoms with van der Waals surface area (Å²) in [6.07, 6.45) is -1.46. The van der Waals surface area contributed by atoms with Crippen LogP contribution in [0.5, 0.6) is 0 Å². The number of alkyl halides is 3. The lowest BCUT2D eigenvalue weighted by atomic mass is 10.2. The van der Waals surface area contributed by atoms with Gasteiger partial charge in [0.1, 0.15) is 0 Å². The van der Waals surface area contributed by atoms with Crippen LogP contribution < -0.4 is 5.32 Å². The molecule has 6 nitrogen and oxygen atoms in total. The van der Waals surface area contributed by atoms with Crippen LogP contribution in [-0.4, -0.2) is 28.5 Å². The predicted octanol–water partition coefficient (Wildman–Crippen LogP) is 3.44. The minimum Gasteiger partial charge on any atom is -0.452 e. The van der Waals surface area contributed by atoms with Crippen LogP contribution in [0.3, 0.4) is 0 Å². The highest BCUT2D eigenvalue weighted by Crippen LogP contribution is 2.29. The second-order valence-corrected chi connectivity index (χ2v) is 5.46. The van der Waals surface area contributed by atoms with Crippen LogP contribution in [0.1, 0.15) is 15.9 Å². The van der Waals surface area contributed by atoms with Crippen LogP contribution >= 0.6 is 0 Å². The number of halogens is 3. The van der Waals surface area contributed by atoms with E-state index in [-0.39, 0.29) is 11.3 Å². The summed E-state index contributed by atoms with van der Waals surface area (Å²) in [5, 5.41) is 2.35. The van der Waals surface area contributed by atoms with Gasteiger partial charge in [0, 0.05) is 18.1 Å². The Balaban J connectivity index is 1.57. The molecule has 138 valence electrons. The maximum atomic E-state index is 12.5. The number of hydrogen-bond donors (Lipinski definition) is 1. The first-order valence-electron chi connectivity index (χ1n) is 7.68. The SMILES string of the molecule is O=C(COC(=O)c1ccc2nccnc2c1)Nc1ccc(C(F)(F)F)cc1. The van der Waals surface area contributed by atoms with Gasteiger partial charge in [-0.2, -0.15) is 13.2 Å². The third kappa shape index (κ3) is 4.57. The molecule has 1 aromatic heterocycles. The van der Waals surface area contributed by atoms with Crippen molar-refractivity contribution in [1.29, 1.82) is 0 Å². The van der Waals surface area contributed by atoms with Crippen molar-refractivity contribution >= 4 is 28.6 Å².